The Labute approximate surface area is 74.9 Å². The van der Waals surface area contributed by atoms with Crippen LogP contribution in [-0.2, 0) is 16.6 Å². The molecule has 0 atom stereocenters. The minimum atomic E-state index is 0.400. The van der Waals surface area contributed by atoms with Crippen LogP contribution >= 0.6 is 0 Å². The Morgan fingerprint density at radius 2 is 2.38 bits per heavy atom. The molecule has 6 nitrogen and oxygen atoms in total. The second-order valence-corrected chi connectivity index (χ2v) is 2.65. The van der Waals surface area contributed by atoms with Crippen LogP contribution < -0.4 is 5.73 Å². The molecular weight excluding hydrogens is 172 g/mol. The molecule has 6 heteroatoms. The highest BCUT2D eigenvalue weighted by molar-refractivity contribution is 5.97. The molecular formula is C7H10N4O2. The van der Waals surface area contributed by atoms with Crippen LogP contribution in [-0.4, -0.2) is 28.9 Å². The summed E-state index contributed by atoms with van der Waals surface area (Å²) >= 11 is 0. The summed E-state index contributed by atoms with van der Waals surface area (Å²) in [5.74, 6) is 0.918. The van der Waals surface area contributed by atoms with Gasteiger partial charge in [0, 0.05) is 7.05 Å². The number of nitrogen functional groups attached to an aromatic ring is 1. The summed E-state index contributed by atoms with van der Waals surface area (Å²) in [7, 11) is 1.75. The van der Waals surface area contributed by atoms with Crippen LogP contribution in [0.3, 0.4) is 0 Å². The van der Waals surface area contributed by atoms with Gasteiger partial charge in [0.05, 0.1) is 6.20 Å². The van der Waals surface area contributed by atoms with Crippen molar-refractivity contribution in [1.82, 2.24) is 9.78 Å². The predicted molar refractivity (Wildman–Crippen MR) is 46.1 cm³/mol. The molecule has 70 valence electrons. The lowest BCUT2D eigenvalue weighted by atomic mass is 10.3. The fourth-order valence-corrected chi connectivity index (χ4v) is 1.04. The zero-order valence-corrected chi connectivity index (χ0v) is 7.23. The third-order valence-electron chi connectivity index (χ3n) is 1.78. The fraction of sp³-hybridized carbons (Fsp3) is 0.429. The van der Waals surface area contributed by atoms with Crippen molar-refractivity contribution >= 4 is 11.7 Å². The zero-order chi connectivity index (χ0) is 9.26. The van der Waals surface area contributed by atoms with Crippen molar-refractivity contribution in [2.45, 2.75) is 0 Å². The average molecular weight is 182 g/mol. The minimum absolute atomic E-state index is 0.400. The van der Waals surface area contributed by atoms with Gasteiger partial charge in [-0.15, -0.1) is 0 Å². The number of anilines is 1. The van der Waals surface area contributed by atoms with Gasteiger partial charge in [-0.1, -0.05) is 0 Å². The monoisotopic (exact) mass is 182 g/mol. The summed E-state index contributed by atoms with van der Waals surface area (Å²) in [6.45, 7) is 0.969. The molecule has 13 heavy (non-hydrogen) atoms. The van der Waals surface area contributed by atoms with E-state index >= 15 is 0 Å². The van der Waals surface area contributed by atoms with Crippen LogP contribution in [0.25, 0.3) is 0 Å². The molecule has 2 heterocycles. The molecule has 0 aromatic carbocycles. The number of nitrogens with zero attached hydrogens (tertiary/aromatic N) is 3. The molecule has 0 saturated carbocycles. The van der Waals surface area contributed by atoms with E-state index in [9.17, 15) is 0 Å². The van der Waals surface area contributed by atoms with Gasteiger partial charge in [-0.2, -0.15) is 5.10 Å². The minimum Gasteiger partial charge on any atom is -0.471 e. The molecule has 1 aliphatic heterocycles. The number of rotatable bonds is 1. The second kappa shape index (κ2) is 2.96. The van der Waals surface area contributed by atoms with Gasteiger partial charge >= 0.3 is 0 Å². The number of aromatic nitrogens is 2. The smallest absolute Gasteiger partial charge is 0.263 e. The normalized spacial score (nSPS) is 15.9. The Bertz CT molecular complexity index is 344. The van der Waals surface area contributed by atoms with Gasteiger partial charge in [0.25, 0.3) is 5.90 Å². The van der Waals surface area contributed by atoms with E-state index in [4.69, 9.17) is 15.3 Å². The first-order valence-electron chi connectivity index (χ1n) is 3.89. The van der Waals surface area contributed by atoms with Crippen LogP contribution in [0.1, 0.15) is 5.56 Å². The van der Waals surface area contributed by atoms with Crippen molar-refractivity contribution < 1.29 is 9.57 Å². The second-order valence-electron chi connectivity index (χ2n) is 2.65. The van der Waals surface area contributed by atoms with E-state index in [2.05, 4.69) is 10.3 Å². The molecule has 0 unspecified atom stereocenters. The summed E-state index contributed by atoms with van der Waals surface area (Å²) in [6.07, 6.45) is 1.60. The Kier molecular flexibility index (Phi) is 1.80. The SMILES string of the molecule is Cn1ncc(C2=NOCCO2)c1N. The van der Waals surface area contributed by atoms with Crippen molar-refractivity contribution in [2.75, 3.05) is 18.9 Å². The number of aryl methyl sites for hydroxylation is 1. The summed E-state index contributed by atoms with van der Waals surface area (Å²) < 4.78 is 6.80. The van der Waals surface area contributed by atoms with Crippen LogP contribution in [0, 0.1) is 0 Å². The highest BCUT2D eigenvalue weighted by Crippen LogP contribution is 2.13. The highest BCUT2D eigenvalue weighted by Gasteiger charge is 2.16. The summed E-state index contributed by atoms with van der Waals surface area (Å²) in [5, 5.41) is 7.70. The van der Waals surface area contributed by atoms with Gasteiger partial charge < -0.3 is 15.3 Å². The molecule has 2 rings (SSSR count). The Hall–Kier alpha value is -1.72. The van der Waals surface area contributed by atoms with E-state index in [0.717, 1.165) is 0 Å². The van der Waals surface area contributed by atoms with Crippen molar-refractivity contribution in [3.63, 3.8) is 0 Å². The first-order valence-corrected chi connectivity index (χ1v) is 3.89. The van der Waals surface area contributed by atoms with Crippen LogP contribution in [0.4, 0.5) is 5.82 Å². The lowest BCUT2D eigenvalue weighted by Gasteiger charge is -2.12. The number of oxime groups is 1. The van der Waals surface area contributed by atoms with E-state index in [-0.39, 0.29) is 0 Å². The molecule has 0 radical (unpaired) electrons. The molecule has 0 spiro atoms. The van der Waals surface area contributed by atoms with Crippen molar-refractivity contribution in [3.05, 3.63) is 11.8 Å². The molecule has 0 amide bonds. The van der Waals surface area contributed by atoms with Crippen molar-refractivity contribution in [2.24, 2.45) is 12.2 Å². The third kappa shape index (κ3) is 1.30. The van der Waals surface area contributed by atoms with Crippen LogP contribution in [0.5, 0.6) is 0 Å². The van der Waals surface area contributed by atoms with E-state index in [1.807, 2.05) is 0 Å². The first kappa shape index (κ1) is 7.90. The van der Waals surface area contributed by atoms with E-state index in [1.54, 1.807) is 17.9 Å². The largest absolute Gasteiger partial charge is 0.471 e. The lowest BCUT2D eigenvalue weighted by Crippen LogP contribution is -2.18. The van der Waals surface area contributed by atoms with Gasteiger partial charge in [-0.05, 0) is 5.16 Å². The molecule has 0 aliphatic carbocycles. The molecule has 1 aromatic rings. The predicted octanol–water partition coefficient (Wildman–Crippen LogP) is -0.289. The molecule has 2 N–H and O–H groups in total. The average Bonchev–Trinajstić information content (AvgIpc) is 2.49. The number of ether oxygens (including phenoxy) is 1. The summed E-state index contributed by atoms with van der Waals surface area (Å²) in [4.78, 5) is 4.87. The lowest BCUT2D eigenvalue weighted by molar-refractivity contribution is 0.0656. The molecule has 1 aliphatic rings. The van der Waals surface area contributed by atoms with Crippen LogP contribution in [0.2, 0.25) is 0 Å². The van der Waals surface area contributed by atoms with Gasteiger partial charge in [0.15, 0.2) is 6.61 Å². The fourth-order valence-electron chi connectivity index (χ4n) is 1.04. The van der Waals surface area contributed by atoms with Crippen molar-refractivity contribution in [3.8, 4) is 0 Å². The standard InChI is InChI=1S/C7H10N4O2/c1-11-6(8)5(4-9-11)7-10-13-3-2-12-7/h4H,2-3,8H2,1H3. The molecule has 0 saturated heterocycles. The zero-order valence-electron chi connectivity index (χ0n) is 7.23. The van der Waals surface area contributed by atoms with E-state index < -0.39 is 0 Å². The highest BCUT2D eigenvalue weighted by atomic mass is 16.7. The van der Waals surface area contributed by atoms with E-state index in [1.165, 1.54) is 0 Å². The maximum atomic E-state index is 5.72. The van der Waals surface area contributed by atoms with Crippen molar-refractivity contribution in [1.29, 1.82) is 0 Å². The number of hydrogen-bond acceptors (Lipinski definition) is 5. The molecule has 0 bridgehead atoms. The Balaban J connectivity index is 2.34. The Morgan fingerprint density at radius 3 is 2.92 bits per heavy atom. The van der Waals surface area contributed by atoms with Crippen LogP contribution in [0.15, 0.2) is 11.4 Å². The van der Waals surface area contributed by atoms with Gasteiger partial charge in [0.1, 0.15) is 18.0 Å². The maximum absolute atomic E-state index is 5.72. The van der Waals surface area contributed by atoms with Gasteiger partial charge in [0.2, 0.25) is 0 Å². The number of nitrogens with two attached hydrogens (primary N) is 1. The Morgan fingerprint density at radius 1 is 1.54 bits per heavy atom. The topological polar surface area (TPSA) is 74.7 Å². The maximum Gasteiger partial charge on any atom is 0.263 e. The molecule has 1 aromatic heterocycles. The molecule has 0 fully saturated rings. The summed E-state index contributed by atoms with van der Waals surface area (Å²) in [6, 6.07) is 0. The number of hydrogen-bond donors (Lipinski definition) is 1. The summed E-state index contributed by atoms with van der Waals surface area (Å²) in [5.41, 5.74) is 6.39. The van der Waals surface area contributed by atoms with Gasteiger partial charge in [-0.25, -0.2) is 0 Å². The first-order chi connectivity index (χ1) is 6.29. The third-order valence-corrected chi connectivity index (χ3v) is 1.78. The quantitative estimate of drug-likeness (QED) is 0.647. The van der Waals surface area contributed by atoms with E-state index in [0.29, 0.717) is 30.5 Å². The van der Waals surface area contributed by atoms with Gasteiger partial charge in [-0.3, -0.25) is 4.68 Å².